The zero-order valence-electron chi connectivity index (χ0n) is 20.2. The molecule has 0 fully saturated rings. The third kappa shape index (κ3) is 5.13. The normalized spacial score (nSPS) is 11.7. The van der Waals surface area contributed by atoms with Gasteiger partial charge in [0.1, 0.15) is 5.76 Å². The molecule has 0 atom stereocenters. The molecule has 3 aromatic rings. The summed E-state index contributed by atoms with van der Waals surface area (Å²) >= 11 is 0. The van der Waals surface area contributed by atoms with Crippen molar-refractivity contribution in [2.45, 2.75) is 61.1 Å². The lowest BCUT2D eigenvalue weighted by Gasteiger charge is -2.20. The minimum atomic E-state index is -0.0178. The predicted octanol–water partition coefficient (Wildman–Crippen LogP) is 6.72. The van der Waals surface area contributed by atoms with Gasteiger partial charge in [0.2, 0.25) is 5.91 Å². The zero-order chi connectivity index (χ0) is 23.4. The van der Waals surface area contributed by atoms with Crippen molar-refractivity contribution >= 4 is 17.7 Å². The van der Waals surface area contributed by atoms with Crippen molar-refractivity contribution in [3.8, 4) is 11.1 Å². The summed E-state index contributed by atoms with van der Waals surface area (Å²) in [7, 11) is 0. The van der Waals surface area contributed by atoms with Gasteiger partial charge in [0, 0.05) is 17.3 Å². The number of benzene rings is 2. The number of carbonyl (C=O) groups is 1. The third-order valence-electron chi connectivity index (χ3n) is 6.04. The van der Waals surface area contributed by atoms with Gasteiger partial charge in [-0.05, 0) is 118 Å². The summed E-state index contributed by atoms with van der Waals surface area (Å²) in [5.41, 5.74) is 10.3. The maximum absolute atomic E-state index is 12.4. The number of carbonyl (C=O) groups excluding carboxylic acids is 1. The number of hydrogen-bond acceptors (Lipinski definition) is 3. The smallest absolute Gasteiger partial charge is 0.247 e. The van der Waals surface area contributed by atoms with Crippen molar-refractivity contribution in [1.29, 1.82) is 0 Å². The molecule has 1 aromatic heterocycles. The Morgan fingerprint density at radius 1 is 0.969 bits per heavy atom. The lowest BCUT2D eigenvalue weighted by Crippen LogP contribution is -2.30. The fourth-order valence-electron chi connectivity index (χ4n) is 4.01. The molecule has 0 bridgehead atoms. The molecular weight excluding hydrogens is 396 g/mol. The second-order valence-corrected chi connectivity index (χ2v) is 8.75. The number of anilines is 1. The van der Waals surface area contributed by atoms with Crippen LogP contribution in [-0.2, 0) is 11.3 Å². The van der Waals surface area contributed by atoms with E-state index in [9.17, 15) is 4.79 Å². The SMILES string of the molecule is C/C(=C\c1c(C)c(C)c(-c2ccc(NCc3ccco3)cc2)c(C)c1C)C(=O)NC(C)C. The summed E-state index contributed by atoms with van der Waals surface area (Å²) in [5.74, 6) is 0.892. The summed E-state index contributed by atoms with van der Waals surface area (Å²) in [6, 6.07) is 12.5. The first-order valence-corrected chi connectivity index (χ1v) is 11.1. The van der Waals surface area contributed by atoms with E-state index in [1.807, 2.05) is 39.0 Å². The Labute approximate surface area is 191 Å². The van der Waals surface area contributed by atoms with Gasteiger partial charge in [-0.3, -0.25) is 4.79 Å². The summed E-state index contributed by atoms with van der Waals surface area (Å²) in [5, 5.41) is 6.37. The van der Waals surface area contributed by atoms with Gasteiger partial charge in [0.05, 0.1) is 12.8 Å². The third-order valence-corrected chi connectivity index (χ3v) is 6.04. The largest absolute Gasteiger partial charge is 0.467 e. The van der Waals surface area contributed by atoms with E-state index in [0.29, 0.717) is 6.54 Å². The van der Waals surface area contributed by atoms with Crippen molar-refractivity contribution in [3.05, 3.63) is 81.8 Å². The number of hydrogen-bond donors (Lipinski definition) is 2. The van der Waals surface area contributed by atoms with Crippen molar-refractivity contribution < 1.29 is 9.21 Å². The van der Waals surface area contributed by atoms with Crippen LogP contribution in [0.4, 0.5) is 5.69 Å². The molecule has 0 saturated heterocycles. The highest BCUT2D eigenvalue weighted by atomic mass is 16.3. The molecule has 2 aromatic carbocycles. The van der Waals surface area contributed by atoms with Crippen LogP contribution in [0.3, 0.4) is 0 Å². The molecule has 0 aliphatic heterocycles. The molecule has 0 aliphatic carbocycles. The second kappa shape index (κ2) is 9.90. The molecule has 168 valence electrons. The lowest BCUT2D eigenvalue weighted by molar-refractivity contribution is -0.117. The van der Waals surface area contributed by atoms with E-state index in [2.05, 4.69) is 62.6 Å². The quantitative estimate of drug-likeness (QED) is 0.409. The highest BCUT2D eigenvalue weighted by Gasteiger charge is 2.16. The fraction of sp³-hybridized carbons (Fsp3) is 0.321. The topological polar surface area (TPSA) is 54.3 Å². The average Bonchev–Trinajstić information content (AvgIpc) is 3.28. The molecule has 0 radical (unpaired) electrons. The van der Waals surface area contributed by atoms with Crippen molar-refractivity contribution in [2.24, 2.45) is 0 Å². The van der Waals surface area contributed by atoms with Gasteiger partial charge in [0.25, 0.3) is 0 Å². The molecule has 0 aliphatic rings. The van der Waals surface area contributed by atoms with Gasteiger partial charge in [-0.2, -0.15) is 0 Å². The molecule has 4 heteroatoms. The monoisotopic (exact) mass is 430 g/mol. The maximum atomic E-state index is 12.4. The van der Waals surface area contributed by atoms with Gasteiger partial charge >= 0.3 is 0 Å². The van der Waals surface area contributed by atoms with E-state index in [1.54, 1.807) is 6.26 Å². The van der Waals surface area contributed by atoms with Crippen LogP contribution in [0.5, 0.6) is 0 Å². The van der Waals surface area contributed by atoms with Crippen LogP contribution in [0.1, 0.15) is 54.3 Å². The number of furan rings is 1. The molecule has 32 heavy (non-hydrogen) atoms. The van der Waals surface area contributed by atoms with Crippen molar-refractivity contribution in [1.82, 2.24) is 5.32 Å². The molecule has 2 N–H and O–H groups in total. The molecular formula is C28H34N2O2. The van der Waals surface area contributed by atoms with E-state index in [1.165, 1.54) is 33.4 Å². The first kappa shape index (κ1) is 23.4. The summed E-state index contributed by atoms with van der Waals surface area (Å²) in [6.45, 7) is 15.1. The average molecular weight is 431 g/mol. The van der Waals surface area contributed by atoms with Crippen LogP contribution in [0.2, 0.25) is 0 Å². The van der Waals surface area contributed by atoms with Gasteiger partial charge < -0.3 is 15.1 Å². The van der Waals surface area contributed by atoms with Crippen LogP contribution >= 0.6 is 0 Å². The highest BCUT2D eigenvalue weighted by molar-refractivity contribution is 5.98. The summed E-state index contributed by atoms with van der Waals surface area (Å²) < 4.78 is 5.39. The maximum Gasteiger partial charge on any atom is 0.247 e. The number of nitrogens with one attached hydrogen (secondary N) is 2. The first-order chi connectivity index (χ1) is 15.2. The van der Waals surface area contributed by atoms with Crippen LogP contribution in [-0.4, -0.2) is 11.9 Å². The van der Waals surface area contributed by atoms with Crippen LogP contribution in [0, 0.1) is 27.7 Å². The van der Waals surface area contributed by atoms with E-state index in [-0.39, 0.29) is 11.9 Å². The van der Waals surface area contributed by atoms with Crippen molar-refractivity contribution in [2.75, 3.05) is 5.32 Å². The Morgan fingerprint density at radius 3 is 2.12 bits per heavy atom. The molecule has 0 saturated carbocycles. The molecule has 4 nitrogen and oxygen atoms in total. The van der Waals surface area contributed by atoms with Gasteiger partial charge in [-0.15, -0.1) is 0 Å². The highest BCUT2D eigenvalue weighted by Crippen LogP contribution is 2.35. The Bertz CT molecular complexity index is 1090. The minimum Gasteiger partial charge on any atom is -0.467 e. The lowest BCUT2D eigenvalue weighted by atomic mass is 9.85. The Hall–Kier alpha value is -3.27. The molecule has 1 heterocycles. The van der Waals surface area contributed by atoms with E-state index in [4.69, 9.17) is 4.42 Å². The molecule has 0 unspecified atom stereocenters. The van der Waals surface area contributed by atoms with Gasteiger partial charge in [-0.25, -0.2) is 0 Å². The zero-order valence-corrected chi connectivity index (χ0v) is 20.2. The number of rotatable bonds is 7. The Kier molecular flexibility index (Phi) is 7.24. The number of amides is 1. The predicted molar refractivity (Wildman–Crippen MR) is 134 cm³/mol. The Balaban J connectivity index is 1.91. The van der Waals surface area contributed by atoms with Crippen LogP contribution in [0.15, 0.2) is 52.7 Å². The van der Waals surface area contributed by atoms with E-state index < -0.39 is 0 Å². The Morgan fingerprint density at radius 2 is 1.59 bits per heavy atom. The van der Waals surface area contributed by atoms with Gasteiger partial charge in [-0.1, -0.05) is 12.1 Å². The van der Waals surface area contributed by atoms with Crippen molar-refractivity contribution in [3.63, 3.8) is 0 Å². The molecule has 0 spiro atoms. The van der Waals surface area contributed by atoms with E-state index >= 15 is 0 Å². The molecule has 1 amide bonds. The first-order valence-electron chi connectivity index (χ1n) is 11.1. The van der Waals surface area contributed by atoms with Crippen LogP contribution < -0.4 is 10.6 Å². The summed E-state index contributed by atoms with van der Waals surface area (Å²) in [4.78, 5) is 12.4. The van der Waals surface area contributed by atoms with Crippen LogP contribution in [0.25, 0.3) is 17.2 Å². The van der Waals surface area contributed by atoms with Gasteiger partial charge in [0.15, 0.2) is 0 Å². The minimum absolute atomic E-state index is 0.0178. The van der Waals surface area contributed by atoms with E-state index in [0.717, 1.165) is 22.6 Å². The summed E-state index contributed by atoms with van der Waals surface area (Å²) in [6.07, 6.45) is 3.71. The standard InChI is InChI=1S/C28H34N2O2/c1-17(2)30-28(31)18(3)15-26-19(4)21(6)27(22(7)20(26)5)23-10-12-24(13-11-23)29-16-25-9-8-14-32-25/h8-15,17,29H,16H2,1-7H3,(H,30,31)/b18-15+. The second-order valence-electron chi connectivity index (χ2n) is 8.75. The fourth-order valence-corrected chi connectivity index (χ4v) is 4.01. The molecule has 3 rings (SSSR count).